The van der Waals surface area contributed by atoms with Gasteiger partial charge in [-0.15, -0.1) is 0 Å². The van der Waals surface area contributed by atoms with E-state index in [-0.39, 0.29) is 11.6 Å². The minimum absolute atomic E-state index is 0.0989. The van der Waals surface area contributed by atoms with Gasteiger partial charge in [0.05, 0.1) is 19.3 Å². The molecule has 1 atom stereocenters. The summed E-state index contributed by atoms with van der Waals surface area (Å²) in [5.41, 5.74) is 1.06. The van der Waals surface area contributed by atoms with Crippen molar-refractivity contribution in [2.24, 2.45) is 0 Å². The van der Waals surface area contributed by atoms with Crippen LogP contribution in [-0.4, -0.2) is 43.7 Å². The van der Waals surface area contributed by atoms with Gasteiger partial charge >= 0.3 is 0 Å². The first kappa shape index (κ1) is 17.5. The largest absolute Gasteiger partial charge is 0.379 e. The Morgan fingerprint density at radius 2 is 1.80 bits per heavy atom. The van der Waals surface area contributed by atoms with E-state index in [1.807, 2.05) is 30.3 Å². The van der Waals surface area contributed by atoms with Crippen LogP contribution in [0.1, 0.15) is 22.0 Å². The summed E-state index contributed by atoms with van der Waals surface area (Å²) in [6, 6.07) is 12.5. The van der Waals surface area contributed by atoms with Crippen LogP contribution < -0.4 is 5.32 Å². The Morgan fingerprint density at radius 3 is 2.48 bits per heavy atom. The van der Waals surface area contributed by atoms with Crippen molar-refractivity contribution in [3.63, 3.8) is 0 Å². The molecule has 0 aromatic heterocycles. The predicted molar refractivity (Wildman–Crippen MR) is 90.3 cm³/mol. The number of rotatable bonds is 5. The van der Waals surface area contributed by atoms with Crippen molar-refractivity contribution in [2.75, 3.05) is 32.8 Å². The van der Waals surface area contributed by atoms with Crippen molar-refractivity contribution >= 4 is 5.91 Å². The van der Waals surface area contributed by atoms with Gasteiger partial charge in [-0.2, -0.15) is 0 Å². The first-order valence-corrected chi connectivity index (χ1v) is 8.24. The highest BCUT2D eigenvalue weighted by atomic mass is 19.2. The average Bonchev–Trinajstić information content (AvgIpc) is 2.65. The van der Waals surface area contributed by atoms with Crippen molar-refractivity contribution in [1.82, 2.24) is 10.2 Å². The van der Waals surface area contributed by atoms with Crippen LogP contribution in [0.4, 0.5) is 8.78 Å². The molecule has 2 aromatic carbocycles. The van der Waals surface area contributed by atoms with Gasteiger partial charge in [0.1, 0.15) is 0 Å². The van der Waals surface area contributed by atoms with Gasteiger partial charge in [-0.1, -0.05) is 30.3 Å². The third-order valence-corrected chi connectivity index (χ3v) is 4.23. The highest BCUT2D eigenvalue weighted by molar-refractivity contribution is 5.94. The molecule has 6 heteroatoms. The number of nitrogens with zero attached hydrogens (tertiary/aromatic N) is 1. The predicted octanol–water partition coefficient (Wildman–Crippen LogP) is 2.77. The first-order chi connectivity index (χ1) is 12.1. The molecule has 1 amide bonds. The second-order valence-electron chi connectivity index (χ2n) is 5.98. The standard InChI is InChI=1S/C19H20F2N2O2/c20-16-7-6-15(12-17(16)21)19(24)22-18(14-4-2-1-3-5-14)13-23-8-10-25-11-9-23/h1-7,12,18H,8-11,13H2,(H,22,24). The van der Waals surface area contributed by atoms with Crippen LogP contribution >= 0.6 is 0 Å². The number of amides is 1. The molecule has 25 heavy (non-hydrogen) atoms. The lowest BCUT2D eigenvalue weighted by molar-refractivity contribution is 0.0332. The Bertz CT molecular complexity index is 719. The van der Waals surface area contributed by atoms with Gasteiger partial charge in [-0.3, -0.25) is 9.69 Å². The van der Waals surface area contributed by atoms with E-state index in [9.17, 15) is 13.6 Å². The summed E-state index contributed by atoms with van der Waals surface area (Å²) < 4.78 is 31.8. The van der Waals surface area contributed by atoms with Crippen LogP contribution in [0.15, 0.2) is 48.5 Å². The summed E-state index contributed by atoms with van der Waals surface area (Å²) in [6.45, 7) is 3.55. The molecule has 2 aromatic rings. The molecule has 0 spiro atoms. The van der Waals surface area contributed by atoms with Gasteiger partial charge < -0.3 is 10.1 Å². The van der Waals surface area contributed by atoms with Crippen LogP contribution in [-0.2, 0) is 4.74 Å². The van der Waals surface area contributed by atoms with Crippen molar-refractivity contribution < 1.29 is 18.3 Å². The highest BCUT2D eigenvalue weighted by Gasteiger charge is 2.21. The molecule has 1 heterocycles. The van der Waals surface area contributed by atoms with Crippen LogP contribution in [0.25, 0.3) is 0 Å². The normalized spacial score (nSPS) is 16.4. The van der Waals surface area contributed by atoms with E-state index < -0.39 is 17.5 Å². The molecule has 3 rings (SSSR count). The van der Waals surface area contributed by atoms with Crippen molar-refractivity contribution in [2.45, 2.75) is 6.04 Å². The summed E-state index contributed by atoms with van der Waals surface area (Å²) in [4.78, 5) is 14.7. The van der Waals surface area contributed by atoms with E-state index in [0.29, 0.717) is 19.8 Å². The first-order valence-electron chi connectivity index (χ1n) is 8.24. The third-order valence-electron chi connectivity index (χ3n) is 4.23. The van der Waals surface area contributed by atoms with Gasteiger partial charge in [0.15, 0.2) is 11.6 Å². The van der Waals surface area contributed by atoms with E-state index >= 15 is 0 Å². The van der Waals surface area contributed by atoms with E-state index in [0.717, 1.165) is 30.8 Å². The van der Waals surface area contributed by atoms with E-state index in [4.69, 9.17) is 4.74 Å². The molecule has 0 aliphatic carbocycles. The van der Waals surface area contributed by atoms with E-state index in [2.05, 4.69) is 10.2 Å². The Kier molecular flexibility index (Phi) is 5.73. The summed E-state index contributed by atoms with van der Waals surface area (Å²) in [5, 5.41) is 2.93. The molecule has 1 aliphatic rings. The van der Waals surface area contributed by atoms with Crippen LogP contribution in [0.5, 0.6) is 0 Å². The molecule has 1 N–H and O–H groups in total. The van der Waals surface area contributed by atoms with Crippen molar-refractivity contribution in [3.8, 4) is 0 Å². The topological polar surface area (TPSA) is 41.6 Å². The lowest BCUT2D eigenvalue weighted by Crippen LogP contribution is -2.43. The zero-order valence-corrected chi connectivity index (χ0v) is 13.8. The SMILES string of the molecule is O=C(NC(CN1CCOCC1)c1ccccc1)c1ccc(F)c(F)c1. The van der Waals surface area contributed by atoms with E-state index in [1.165, 1.54) is 6.07 Å². The number of nitrogens with one attached hydrogen (secondary N) is 1. The number of ether oxygens (including phenoxy) is 1. The molecule has 0 bridgehead atoms. The van der Waals surface area contributed by atoms with Gasteiger partial charge in [-0.05, 0) is 23.8 Å². The smallest absolute Gasteiger partial charge is 0.251 e. The molecule has 132 valence electrons. The van der Waals surface area contributed by atoms with Gasteiger partial charge in [0.2, 0.25) is 0 Å². The molecular formula is C19H20F2N2O2. The molecular weight excluding hydrogens is 326 g/mol. The zero-order valence-electron chi connectivity index (χ0n) is 13.8. The maximum Gasteiger partial charge on any atom is 0.251 e. The number of benzene rings is 2. The number of hydrogen-bond donors (Lipinski definition) is 1. The quantitative estimate of drug-likeness (QED) is 0.905. The van der Waals surface area contributed by atoms with E-state index in [1.54, 1.807) is 0 Å². The molecule has 1 unspecified atom stereocenters. The molecule has 0 radical (unpaired) electrons. The Labute approximate surface area is 145 Å². The lowest BCUT2D eigenvalue weighted by atomic mass is 10.1. The maximum absolute atomic E-state index is 13.4. The second kappa shape index (κ2) is 8.18. The molecule has 1 fully saturated rings. The zero-order chi connectivity index (χ0) is 17.6. The summed E-state index contributed by atoms with van der Waals surface area (Å²) in [7, 11) is 0. The summed E-state index contributed by atoms with van der Waals surface area (Å²) in [6.07, 6.45) is 0. The molecule has 1 saturated heterocycles. The number of morpholine rings is 1. The van der Waals surface area contributed by atoms with Crippen molar-refractivity contribution in [3.05, 3.63) is 71.3 Å². The highest BCUT2D eigenvalue weighted by Crippen LogP contribution is 2.17. The summed E-state index contributed by atoms with van der Waals surface area (Å²) >= 11 is 0. The fourth-order valence-electron chi connectivity index (χ4n) is 2.84. The monoisotopic (exact) mass is 346 g/mol. The maximum atomic E-state index is 13.4. The molecule has 0 saturated carbocycles. The third kappa shape index (κ3) is 4.61. The number of halogens is 2. The number of hydrogen-bond acceptors (Lipinski definition) is 3. The van der Waals surface area contributed by atoms with Crippen LogP contribution in [0.3, 0.4) is 0 Å². The minimum atomic E-state index is -1.03. The fraction of sp³-hybridized carbons (Fsp3) is 0.316. The number of carbonyl (C=O) groups excluding carboxylic acids is 1. The van der Waals surface area contributed by atoms with Gasteiger partial charge in [0.25, 0.3) is 5.91 Å². The second-order valence-corrected chi connectivity index (χ2v) is 5.98. The van der Waals surface area contributed by atoms with Gasteiger partial charge in [-0.25, -0.2) is 8.78 Å². The van der Waals surface area contributed by atoms with Crippen LogP contribution in [0, 0.1) is 11.6 Å². The average molecular weight is 346 g/mol. The summed E-state index contributed by atoms with van der Waals surface area (Å²) in [5.74, 6) is -2.43. The fourth-order valence-corrected chi connectivity index (χ4v) is 2.84. The Morgan fingerprint density at radius 1 is 1.08 bits per heavy atom. The minimum Gasteiger partial charge on any atom is -0.379 e. The Balaban J connectivity index is 1.76. The Hall–Kier alpha value is -2.31. The molecule has 1 aliphatic heterocycles. The molecule has 4 nitrogen and oxygen atoms in total. The van der Waals surface area contributed by atoms with Crippen molar-refractivity contribution in [1.29, 1.82) is 0 Å². The lowest BCUT2D eigenvalue weighted by Gasteiger charge is -2.31. The van der Waals surface area contributed by atoms with Gasteiger partial charge in [0, 0.05) is 25.2 Å². The van der Waals surface area contributed by atoms with Crippen LogP contribution in [0.2, 0.25) is 0 Å². The number of carbonyl (C=O) groups is 1.